The summed E-state index contributed by atoms with van der Waals surface area (Å²) in [5, 5.41) is 0. The number of thioether (sulfide) groups is 1. The van der Waals surface area contributed by atoms with Crippen LogP contribution in [0.25, 0.3) is 9.81 Å². The van der Waals surface area contributed by atoms with E-state index in [0.29, 0.717) is 11.8 Å². The molecule has 0 nitrogen and oxygen atoms in total. The van der Waals surface area contributed by atoms with Gasteiger partial charge in [0.25, 0.3) is 0 Å². The van der Waals surface area contributed by atoms with Gasteiger partial charge >= 0.3 is 241 Å². The first-order valence-corrected chi connectivity index (χ1v) is 22.1. The second-order valence-corrected chi connectivity index (χ2v) is 23.7. The first-order valence-electron chi connectivity index (χ1n) is 12.3. The van der Waals surface area contributed by atoms with E-state index in [0.717, 1.165) is 0 Å². The monoisotopic (exact) mass is 688 g/mol. The molecule has 0 saturated heterocycles. The molecule has 2 atom stereocenters. The molecular formula is C32H24Br2SZr. The van der Waals surface area contributed by atoms with E-state index in [1.54, 1.807) is 6.56 Å². The molecular weight excluding hydrogens is 667 g/mol. The van der Waals surface area contributed by atoms with Crippen molar-refractivity contribution in [3.8, 4) is 0 Å². The Hall–Kier alpha value is -1.45. The fraction of sp³-hybridized carbons (Fsp3) is 0.125. The molecule has 3 aliphatic rings. The van der Waals surface area contributed by atoms with Crippen molar-refractivity contribution in [2.45, 2.75) is 21.1 Å². The van der Waals surface area contributed by atoms with Crippen LogP contribution in [0.5, 0.6) is 0 Å². The zero-order chi connectivity index (χ0) is 24.6. The van der Waals surface area contributed by atoms with E-state index >= 15 is 0 Å². The molecule has 4 aromatic carbocycles. The van der Waals surface area contributed by atoms with Crippen LogP contribution in [0, 0.1) is 0 Å². The van der Waals surface area contributed by atoms with Gasteiger partial charge in [-0.1, -0.05) is 0 Å². The van der Waals surface area contributed by atoms with Gasteiger partial charge in [0.15, 0.2) is 0 Å². The van der Waals surface area contributed by atoms with Gasteiger partial charge in [-0.05, 0) is 0 Å². The maximum absolute atomic E-state index is 3.97. The summed E-state index contributed by atoms with van der Waals surface area (Å²) in [6.07, 6.45) is 0. The molecule has 0 N–H and O–H groups in total. The van der Waals surface area contributed by atoms with Gasteiger partial charge in [0, 0.05) is 0 Å². The Labute approximate surface area is 238 Å². The molecule has 4 heteroatoms. The van der Waals surface area contributed by atoms with Gasteiger partial charge in [-0.25, -0.2) is 0 Å². The Balaban J connectivity index is 1.51. The summed E-state index contributed by atoms with van der Waals surface area (Å²) in [6.45, 7) is 0. The third-order valence-corrected chi connectivity index (χ3v) is 20.9. The van der Waals surface area contributed by atoms with E-state index < -0.39 is 20.3 Å². The number of benzene rings is 4. The van der Waals surface area contributed by atoms with E-state index in [1.165, 1.54) is 52.1 Å². The summed E-state index contributed by atoms with van der Waals surface area (Å²) in [6, 6.07) is 35.9. The van der Waals surface area contributed by atoms with Crippen molar-refractivity contribution in [1.82, 2.24) is 0 Å². The summed E-state index contributed by atoms with van der Waals surface area (Å²) < 4.78 is 11.3. The fourth-order valence-corrected chi connectivity index (χ4v) is 22.1. The van der Waals surface area contributed by atoms with Crippen LogP contribution in [0.3, 0.4) is 0 Å². The molecule has 0 bridgehead atoms. The van der Waals surface area contributed by atoms with Crippen LogP contribution in [0.1, 0.15) is 45.2 Å². The van der Waals surface area contributed by atoms with Crippen LogP contribution in [0.4, 0.5) is 0 Å². The van der Waals surface area contributed by atoms with E-state index in [-0.39, 0.29) is 0 Å². The average Bonchev–Trinajstić information content (AvgIpc) is 3.42. The molecule has 0 spiro atoms. The molecule has 2 unspecified atom stereocenters. The number of rotatable bonds is 2. The number of allylic oxidation sites excluding steroid dienone is 2. The van der Waals surface area contributed by atoms with E-state index in [9.17, 15) is 0 Å². The van der Waals surface area contributed by atoms with Crippen molar-refractivity contribution in [2.24, 2.45) is 0 Å². The van der Waals surface area contributed by atoms with E-state index in [4.69, 9.17) is 0 Å². The predicted molar refractivity (Wildman–Crippen MR) is 158 cm³/mol. The van der Waals surface area contributed by atoms with Crippen LogP contribution in [-0.4, -0.2) is 0 Å². The van der Waals surface area contributed by atoms with Crippen LogP contribution >= 0.6 is 43.6 Å². The number of hydrogen-bond acceptors (Lipinski definition) is 1. The Bertz CT molecular complexity index is 1480. The Kier molecular flexibility index (Phi) is 5.78. The van der Waals surface area contributed by atoms with Gasteiger partial charge < -0.3 is 0 Å². The van der Waals surface area contributed by atoms with Gasteiger partial charge in [-0.2, -0.15) is 0 Å². The van der Waals surface area contributed by atoms with Gasteiger partial charge in [0.2, 0.25) is 0 Å². The number of hydrogen-bond donors (Lipinski definition) is 0. The first-order chi connectivity index (χ1) is 17.5. The molecule has 2 aliphatic carbocycles. The van der Waals surface area contributed by atoms with Gasteiger partial charge in [0.1, 0.15) is 0 Å². The summed E-state index contributed by atoms with van der Waals surface area (Å²) >= 11 is 6.89. The molecule has 4 aromatic rings. The predicted octanol–water partition coefficient (Wildman–Crippen LogP) is 10.5. The van der Waals surface area contributed by atoms with Crippen LogP contribution in [0.15, 0.2) is 113 Å². The SMILES string of the molecule is [CH3][Zr]1([CH3])[C]2=C(SC3=[C]1C(c1ccccc1)c1c(Br)cccc13)c1cccc(Br)c1C2c1ccccc1. The Morgan fingerprint density at radius 2 is 0.972 bits per heavy atom. The topological polar surface area (TPSA) is 0 Å². The molecule has 176 valence electrons. The van der Waals surface area contributed by atoms with E-state index in [1.807, 2.05) is 11.8 Å². The van der Waals surface area contributed by atoms with Crippen LogP contribution in [0.2, 0.25) is 9.26 Å². The van der Waals surface area contributed by atoms with Crippen molar-refractivity contribution in [2.75, 3.05) is 0 Å². The second kappa shape index (κ2) is 8.80. The van der Waals surface area contributed by atoms with Gasteiger partial charge in [-0.15, -0.1) is 0 Å². The van der Waals surface area contributed by atoms with Crippen LogP contribution < -0.4 is 0 Å². The Morgan fingerprint density at radius 1 is 0.556 bits per heavy atom. The molecule has 0 saturated carbocycles. The summed E-state index contributed by atoms with van der Waals surface area (Å²) in [4.78, 5) is 3.05. The number of halogens is 2. The van der Waals surface area contributed by atoms with Crippen molar-refractivity contribution in [1.29, 1.82) is 0 Å². The quantitative estimate of drug-likeness (QED) is 0.202. The zero-order valence-electron chi connectivity index (χ0n) is 20.1. The average molecular weight is 692 g/mol. The molecule has 0 fully saturated rings. The molecule has 0 amide bonds. The van der Waals surface area contributed by atoms with Crippen molar-refractivity contribution in [3.05, 3.63) is 146 Å². The van der Waals surface area contributed by atoms with E-state index in [2.05, 4.69) is 138 Å². The molecule has 0 radical (unpaired) electrons. The fourth-order valence-electron chi connectivity index (χ4n) is 6.61. The van der Waals surface area contributed by atoms with Crippen molar-refractivity contribution in [3.63, 3.8) is 0 Å². The van der Waals surface area contributed by atoms with Crippen molar-refractivity contribution >= 4 is 53.4 Å². The first kappa shape index (κ1) is 23.7. The summed E-state index contributed by atoms with van der Waals surface area (Å²) in [7, 11) is 0. The molecule has 36 heavy (non-hydrogen) atoms. The van der Waals surface area contributed by atoms with Crippen molar-refractivity contribution < 1.29 is 20.3 Å². The van der Waals surface area contributed by atoms with Gasteiger partial charge in [0.05, 0.1) is 0 Å². The molecule has 1 aliphatic heterocycles. The summed E-state index contributed by atoms with van der Waals surface area (Å²) in [5.74, 6) is 0.644. The Morgan fingerprint density at radius 3 is 1.39 bits per heavy atom. The molecule has 0 aromatic heterocycles. The standard InChI is InChI=1S/C30H18Br2S.2CH3.Zr/c31-25-15-7-13-21-27(17-23(29(21)25)19-9-3-1-4-10-19)33-28-18-24(20-11-5-2-6-12-20)30-22(28)14-8-16-26(30)32;;;/h1-16,23-24H;2*1H3;. The number of fused-ring (bicyclic) bond motifs is 4. The van der Waals surface area contributed by atoms with Crippen LogP contribution in [-0.2, 0) is 20.3 Å². The minimum absolute atomic E-state index is 0.322. The third-order valence-electron chi connectivity index (χ3n) is 8.06. The molecule has 7 rings (SSSR count). The zero-order valence-corrected chi connectivity index (χ0v) is 26.5. The minimum atomic E-state index is -3.09. The third kappa shape index (κ3) is 3.34. The second-order valence-electron chi connectivity index (χ2n) is 10.3. The van der Waals surface area contributed by atoms with Gasteiger partial charge in [-0.3, -0.25) is 0 Å². The summed E-state index contributed by atoms with van der Waals surface area (Å²) in [5.41, 5.74) is 8.59. The molecule has 1 heterocycles. The normalized spacial score (nSPS) is 21.2. The maximum atomic E-state index is 3.97.